The summed E-state index contributed by atoms with van der Waals surface area (Å²) in [7, 11) is 0. The molecule has 3 atom stereocenters. The Kier molecular flexibility index (Phi) is 13.2. The number of amides is 2. The molecule has 190 valence electrons. The van der Waals surface area contributed by atoms with E-state index in [1.165, 1.54) is 0 Å². The van der Waals surface area contributed by atoms with Gasteiger partial charge in [-0.3, -0.25) is 9.59 Å². The van der Waals surface area contributed by atoms with Crippen molar-refractivity contribution in [2.75, 3.05) is 0 Å². The molecule has 0 aliphatic rings. The van der Waals surface area contributed by atoms with Crippen molar-refractivity contribution in [2.24, 2.45) is 23.7 Å². The second-order valence-corrected chi connectivity index (χ2v) is 10.3. The summed E-state index contributed by atoms with van der Waals surface area (Å²) in [4.78, 5) is 50.0. The lowest BCUT2D eigenvalue weighted by atomic mass is 9.87. The van der Waals surface area contributed by atoms with Crippen LogP contribution in [-0.2, 0) is 25.7 Å². The maximum atomic E-state index is 13.2. The van der Waals surface area contributed by atoms with E-state index in [-0.39, 0.29) is 42.5 Å². The van der Waals surface area contributed by atoms with E-state index >= 15 is 0 Å². The maximum Gasteiger partial charge on any atom is 0.408 e. The Balaban J connectivity index is 2.84. The lowest BCUT2D eigenvalue weighted by molar-refractivity contribution is -0.132. The molecule has 0 fully saturated rings. The SMILES string of the molecule is CC(C)C[C@H](CC(=O)[C@H](CC(C)C)NC(=O)OCc1ccccc1)C(=O)N[C@H](C=O)CC(C)C. The number of rotatable bonds is 15. The summed E-state index contributed by atoms with van der Waals surface area (Å²) in [6, 6.07) is 7.98. The predicted molar refractivity (Wildman–Crippen MR) is 133 cm³/mol. The monoisotopic (exact) mass is 474 g/mol. The van der Waals surface area contributed by atoms with Gasteiger partial charge in [-0.25, -0.2) is 4.79 Å². The highest BCUT2D eigenvalue weighted by Gasteiger charge is 2.30. The lowest BCUT2D eigenvalue weighted by Crippen LogP contribution is -2.45. The van der Waals surface area contributed by atoms with E-state index in [0.717, 1.165) is 11.8 Å². The van der Waals surface area contributed by atoms with Gasteiger partial charge in [0.2, 0.25) is 5.91 Å². The highest BCUT2D eigenvalue weighted by Crippen LogP contribution is 2.20. The second-order valence-electron chi connectivity index (χ2n) is 10.3. The van der Waals surface area contributed by atoms with Gasteiger partial charge in [0, 0.05) is 12.3 Å². The van der Waals surface area contributed by atoms with Gasteiger partial charge in [0.25, 0.3) is 0 Å². The van der Waals surface area contributed by atoms with Crippen LogP contribution in [0.2, 0.25) is 0 Å². The van der Waals surface area contributed by atoms with Crippen LogP contribution in [-0.4, -0.2) is 36.2 Å². The van der Waals surface area contributed by atoms with Gasteiger partial charge in [-0.2, -0.15) is 0 Å². The maximum absolute atomic E-state index is 13.2. The van der Waals surface area contributed by atoms with Crippen LogP contribution in [0.1, 0.15) is 72.8 Å². The first kappa shape index (κ1) is 29.3. The van der Waals surface area contributed by atoms with Crippen molar-refractivity contribution in [3.05, 3.63) is 35.9 Å². The summed E-state index contributed by atoms with van der Waals surface area (Å²) < 4.78 is 5.29. The molecule has 1 aromatic carbocycles. The molecule has 0 heterocycles. The Labute approximate surface area is 204 Å². The molecule has 0 saturated heterocycles. The van der Waals surface area contributed by atoms with E-state index < -0.39 is 24.1 Å². The molecule has 0 unspecified atom stereocenters. The van der Waals surface area contributed by atoms with Gasteiger partial charge in [0.15, 0.2) is 5.78 Å². The van der Waals surface area contributed by atoms with Gasteiger partial charge in [-0.15, -0.1) is 0 Å². The fraction of sp³-hybridized carbons (Fsp3) is 0.630. The van der Waals surface area contributed by atoms with Crippen LogP contribution < -0.4 is 10.6 Å². The Morgan fingerprint density at radius 1 is 0.853 bits per heavy atom. The third-order valence-corrected chi connectivity index (χ3v) is 5.39. The summed E-state index contributed by atoms with van der Waals surface area (Å²) in [5.41, 5.74) is 0.851. The zero-order valence-electron chi connectivity index (χ0n) is 21.5. The minimum absolute atomic E-state index is 0.00633. The number of ketones is 1. The fourth-order valence-electron chi connectivity index (χ4n) is 3.84. The Hall–Kier alpha value is -2.70. The van der Waals surface area contributed by atoms with Crippen LogP contribution in [0.25, 0.3) is 0 Å². The van der Waals surface area contributed by atoms with Crippen LogP contribution in [0.4, 0.5) is 4.79 Å². The molecule has 34 heavy (non-hydrogen) atoms. The Morgan fingerprint density at radius 3 is 1.97 bits per heavy atom. The summed E-state index contributed by atoms with van der Waals surface area (Å²) in [5, 5.41) is 5.49. The number of benzene rings is 1. The van der Waals surface area contributed by atoms with Crippen LogP contribution >= 0.6 is 0 Å². The molecule has 7 nitrogen and oxygen atoms in total. The second kappa shape index (κ2) is 15.3. The van der Waals surface area contributed by atoms with Crippen LogP contribution in [0, 0.1) is 23.7 Å². The van der Waals surface area contributed by atoms with Gasteiger partial charge >= 0.3 is 6.09 Å². The van der Waals surface area contributed by atoms with E-state index in [1.807, 2.05) is 71.9 Å². The third kappa shape index (κ3) is 12.0. The number of Topliss-reactive ketones (excluding diaryl/α,β-unsaturated/α-hetero) is 1. The fourth-order valence-corrected chi connectivity index (χ4v) is 3.84. The smallest absolute Gasteiger partial charge is 0.408 e. The van der Waals surface area contributed by atoms with Gasteiger partial charge < -0.3 is 20.2 Å². The number of aldehydes is 1. The van der Waals surface area contributed by atoms with Crippen molar-refractivity contribution in [1.82, 2.24) is 10.6 Å². The van der Waals surface area contributed by atoms with E-state index in [2.05, 4.69) is 10.6 Å². The minimum atomic E-state index is -0.747. The number of hydrogen-bond acceptors (Lipinski definition) is 5. The van der Waals surface area contributed by atoms with E-state index in [4.69, 9.17) is 4.74 Å². The molecule has 7 heteroatoms. The highest BCUT2D eigenvalue weighted by atomic mass is 16.5. The number of carbonyl (C=O) groups is 4. The topological polar surface area (TPSA) is 102 Å². The lowest BCUT2D eigenvalue weighted by Gasteiger charge is -2.24. The van der Waals surface area contributed by atoms with Crippen molar-refractivity contribution in [1.29, 1.82) is 0 Å². The third-order valence-electron chi connectivity index (χ3n) is 5.39. The van der Waals surface area contributed by atoms with Crippen LogP contribution in [0.3, 0.4) is 0 Å². The number of hydrogen-bond donors (Lipinski definition) is 2. The average molecular weight is 475 g/mol. The van der Waals surface area contributed by atoms with Crippen molar-refractivity contribution >= 4 is 24.1 Å². The number of alkyl carbamates (subject to hydrolysis) is 1. The predicted octanol–water partition coefficient (Wildman–Crippen LogP) is 4.68. The first-order chi connectivity index (χ1) is 16.0. The average Bonchev–Trinajstić information content (AvgIpc) is 2.76. The van der Waals surface area contributed by atoms with Crippen molar-refractivity contribution < 1.29 is 23.9 Å². The van der Waals surface area contributed by atoms with Crippen molar-refractivity contribution in [3.63, 3.8) is 0 Å². The van der Waals surface area contributed by atoms with Gasteiger partial charge in [0.1, 0.15) is 12.9 Å². The molecule has 2 amide bonds. The summed E-state index contributed by atoms with van der Waals surface area (Å²) in [6.07, 6.45) is 1.58. The summed E-state index contributed by atoms with van der Waals surface area (Å²) >= 11 is 0. The quantitative estimate of drug-likeness (QED) is 0.360. The molecule has 0 aliphatic carbocycles. The Morgan fingerprint density at radius 2 is 1.44 bits per heavy atom. The van der Waals surface area contributed by atoms with E-state index in [9.17, 15) is 19.2 Å². The molecule has 0 aromatic heterocycles. The molecule has 0 aliphatic heterocycles. The molecular weight excluding hydrogens is 432 g/mol. The molecule has 0 saturated carbocycles. The molecule has 0 spiro atoms. The molecule has 1 aromatic rings. The Bertz CT molecular complexity index is 776. The first-order valence-corrected chi connectivity index (χ1v) is 12.3. The van der Waals surface area contributed by atoms with E-state index in [1.54, 1.807) is 0 Å². The molecule has 0 radical (unpaired) electrons. The standard InChI is InChI=1S/C27H42N2O5/c1-18(2)12-22(26(32)28-23(16-30)13-19(3)4)15-25(31)24(14-20(5)6)29-27(33)34-17-21-10-8-7-9-11-21/h7-11,16,18-20,22-24H,12-15,17H2,1-6H3,(H,28,32)(H,29,33)/t22-,23+,24+/m1/s1. The molecular formula is C27H42N2O5. The molecule has 1 rings (SSSR count). The van der Waals surface area contributed by atoms with Crippen LogP contribution in [0.15, 0.2) is 30.3 Å². The minimum Gasteiger partial charge on any atom is -0.445 e. The zero-order valence-corrected chi connectivity index (χ0v) is 21.5. The van der Waals surface area contributed by atoms with Crippen molar-refractivity contribution in [3.8, 4) is 0 Å². The highest BCUT2D eigenvalue weighted by molar-refractivity contribution is 5.92. The molecule has 0 bridgehead atoms. The zero-order chi connectivity index (χ0) is 25.7. The van der Waals surface area contributed by atoms with Crippen LogP contribution in [0.5, 0.6) is 0 Å². The number of carbonyl (C=O) groups excluding carboxylic acids is 4. The normalized spacial score (nSPS) is 13.9. The number of ether oxygens (including phenoxy) is 1. The molecule has 2 N–H and O–H groups in total. The van der Waals surface area contributed by atoms with E-state index in [0.29, 0.717) is 19.3 Å². The van der Waals surface area contributed by atoms with Crippen molar-refractivity contribution in [2.45, 2.75) is 85.9 Å². The van der Waals surface area contributed by atoms with Gasteiger partial charge in [-0.05, 0) is 42.6 Å². The largest absolute Gasteiger partial charge is 0.445 e. The van der Waals surface area contributed by atoms with Gasteiger partial charge in [0.05, 0.1) is 12.1 Å². The first-order valence-electron chi connectivity index (χ1n) is 12.3. The summed E-state index contributed by atoms with van der Waals surface area (Å²) in [6.45, 7) is 12.0. The van der Waals surface area contributed by atoms with Gasteiger partial charge in [-0.1, -0.05) is 71.9 Å². The summed E-state index contributed by atoms with van der Waals surface area (Å²) in [5.74, 6) is -0.476. The number of nitrogens with one attached hydrogen (secondary N) is 2.